The molecule has 0 saturated heterocycles. The number of rotatable bonds is 1. The molecule has 1 aliphatic carbocycles. The lowest BCUT2D eigenvalue weighted by molar-refractivity contribution is -0.143. The first-order valence-electron chi connectivity index (χ1n) is 11.8. The fourth-order valence-corrected chi connectivity index (χ4v) is 10.1. The fourth-order valence-electron chi connectivity index (χ4n) is 6.31. The SMILES string of the molecule is CC1=Cc2ccc3c(-c4cc(C(F)(F)F)cc(C(F)(F)F)c4)c2C1[Si]1c2ccccc2-c2cccc-3c21. The van der Waals surface area contributed by atoms with Gasteiger partial charge in [0.05, 0.1) is 11.1 Å². The van der Waals surface area contributed by atoms with Crippen molar-refractivity contribution in [2.75, 3.05) is 0 Å². The van der Waals surface area contributed by atoms with Crippen LogP contribution in [0.1, 0.15) is 34.7 Å². The van der Waals surface area contributed by atoms with E-state index < -0.39 is 32.3 Å². The van der Waals surface area contributed by atoms with Gasteiger partial charge in [-0.2, -0.15) is 26.3 Å². The van der Waals surface area contributed by atoms with Gasteiger partial charge in [0, 0.05) is 5.54 Å². The molecule has 2 heterocycles. The second-order valence-corrected chi connectivity index (χ2v) is 12.2. The van der Waals surface area contributed by atoms with Crippen molar-refractivity contribution in [2.24, 2.45) is 0 Å². The number of hydrogen-bond donors (Lipinski definition) is 0. The van der Waals surface area contributed by atoms with Gasteiger partial charge in [-0.05, 0) is 80.0 Å². The van der Waals surface area contributed by atoms with E-state index in [1.807, 2.05) is 49.4 Å². The van der Waals surface area contributed by atoms with Crippen molar-refractivity contribution in [3.8, 4) is 33.4 Å². The number of fused-ring (bicyclic) bond motifs is 6. The van der Waals surface area contributed by atoms with Crippen molar-refractivity contribution in [3.63, 3.8) is 0 Å². The maximum atomic E-state index is 13.8. The third kappa shape index (κ3) is 3.10. The quantitative estimate of drug-likeness (QED) is 0.179. The van der Waals surface area contributed by atoms with Crippen molar-refractivity contribution in [1.82, 2.24) is 0 Å². The van der Waals surface area contributed by atoms with E-state index in [-0.39, 0.29) is 17.2 Å². The smallest absolute Gasteiger partial charge is 0.166 e. The molecule has 7 rings (SSSR count). The molecule has 1 radical (unpaired) electrons. The first-order chi connectivity index (χ1) is 17.5. The monoisotopic (exact) mass is 519 g/mol. The number of alkyl halides is 6. The zero-order chi connectivity index (χ0) is 25.9. The molecule has 4 aromatic rings. The molecule has 183 valence electrons. The van der Waals surface area contributed by atoms with E-state index in [1.54, 1.807) is 0 Å². The highest BCUT2D eigenvalue weighted by molar-refractivity contribution is 6.92. The average molecular weight is 520 g/mol. The van der Waals surface area contributed by atoms with E-state index in [2.05, 4.69) is 18.2 Å². The molecule has 0 N–H and O–H groups in total. The van der Waals surface area contributed by atoms with Crippen LogP contribution in [-0.2, 0) is 12.4 Å². The molecule has 0 aromatic heterocycles. The Hall–Kier alpha value is -3.58. The lowest BCUT2D eigenvalue weighted by Gasteiger charge is -2.23. The van der Waals surface area contributed by atoms with Gasteiger partial charge in [0.2, 0.25) is 0 Å². The maximum absolute atomic E-state index is 13.8. The molecule has 4 aromatic carbocycles. The van der Waals surface area contributed by atoms with Gasteiger partial charge in [0.25, 0.3) is 0 Å². The van der Waals surface area contributed by atoms with E-state index in [0.29, 0.717) is 11.1 Å². The average Bonchev–Trinajstić information content (AvgIpc) is 3.32. The molecule has 37 heavy (non-hydrogen) atoms. The Morgan fingerprint density at radius 1 is 0.676 bits per heavy atom. The summed E-state index contributed by atoms with van der Waals surface area (Å²) < 4.78 is 82.9. The molecular formula is C30H17F6Si. The van der Waals surface area contributed by atoms with Crippen molar-refractivity contribution in [3.05, 3.63) is 101 Å². The van der Waals surface area contributed by atoms with Gasteiger partial charge in [0.1, 0.15) is 8.80 Å². The normalized spacial score (nSPS) is 17.4. The molecule has 0 amide bonds. The van der Waals surface area contributed by atoms with Gasteiger partial charge < -0.3 is 0 Å². The minimum absolute atomic E-state index is 0.0458. The highest BCUT2D eigenvalue weighted by Gasteiger charge is 2.46. The lowest BCUT2D eigenvalue weighted by Crippen LogP contribution is -2.44. The third-order valence-corrected chi connectivity index (χ3v) is 11.1. The lowest BCUT2D eigenvalue weighted by atomic mass is 9.86. The maximum Gasteiger partial charge on any atom is 0.416 e. The van der Waals surface area contributed by atoms with Crippen LogP contribution in [0, 0.1) is 0 Å². The molecule has 1 atom stereocenters. The Morgan fingerprint density at radius 3 is 1.97 bits per heavy atom. The molecular weight excluding hydrogens is 502 g/mol. The minimum Gasteiger partial charge on any atom is -0.166 e. The summed E-state index contributed by atoms with van der Waals surface area (Å²) in [4.78, 5) is 0. The van der Waals surface area contributed by atoms with Gasteiger partial charge >= 0.3 is 12.4 Å². The number of allylic oxidation sites excluding steroid dienone is 1. The largest absolute Gasteiger partial charge is 0.416 e. The first-order valence-corrected chi connectivity index (χ1v) is 13.4. The summed E-state index contributed by atoms with van der Waals surface area (Å²) >= 11 is 0. The van der Waals surface area contributed by atoms with Gasteiger partial charge in [-0.15, -0.1) is 0 Å². The third-order valence-electron chi connectivity index (χ3n) is 7.70. The summed E-state index contributed by atoms with van der Waals surface area (Å²) in [6.45, 7) is 2.02. The van der Waals surface area contributed by atoms with E-state index in [4.69, 9.17) is 0 Å². The molecule has 2 aliphatic heterocycles. The fraction of sp³-hybridized carbons (Fsp3) is 0.133. The molecule has 3 aliphatic rings. The summed E-state index contributed by atoms with van der Waals surface area (Å²) in [5.74, 6) is 0. The number of hydrogen-bond acceptors (Lipinski definition) is 0. The van der Waals surface area contributed by atoms with Crippen molar-refractivity contribution in [2.45, 2.75) is 24.8 Å². The van der Waals surface area contributed by atoms with Gasteiger partial charge in [-0.1, -0.05) is 66.2 Å². The second kappa shape index (κ2) is 7.25. The molecule has 0 fully saturated rings. The molecule has 2 bridgehead atoms. The number of halogens is 6. The predicted octanol–water partition coefficient (Wildman–Crippen LogP) is 7.70. The van der Waals surface area contributed by atoms with Gasteiger partial charge in [-0.3, -0.25) is 0 Å². The summed E-state index contributed by atoms with van der Waals surface area (Å²) in [6, 6.07) is 19.9. The zero-order valence-corrected chi connectivity index (χ0v) is 20.4. The van der Waals surface area contributed by atoms with Gasteiger partial charge in [-0.25, -0.2) is 0 Å². The standard InChI is InChI=1S/C30H17F6Si/c1-15-11-16-9-10-21-23-7-4-6-22-20-5-2-3-8-24(20)37(28(22)23)27(15)26(16)25(21)17-12-18(29(31,32)33)14-19(13-17)30(34,35)36/h2-14,27H,1H3. The Balaban J connectivity index is 1.60. The van der Waals surface area contributed by atoms with Crippen molar-refractivity contribution >= 4 is 25.2 Å². The molecule has 7 heteroatoms. The summed E-state index contributed by atoms with van der Waals surface area (Å²) in [5, 5.41) is 2.42. The Morgan fingerprint density at radius 2 is 1.30 bits per heavy atom. The summed E-state index contributed by atoms with van der Waals surface area (Å²) in [7, 11) is -1.46. The van der Waals surface area contributed by atoms with Crippen molar-refractivity contribution < 1.29 is 26.3 Å². The molecule has 0 spiro atoms. The topological polar surface area (TPSA) is 0 Å². The highest BCUT2D eigenvalue weighted by atomic mass is 28.3. The summed E-state index contributed by atoms with van der Waals surface area (Å²) in [5.41, 5.74) is 4.40. The minimum atomic E-state index is -4.91. The first kappa shape index (κ1) is 22.6. The number of benzene rings is 4. The Kier molecular flexibility index (Phi) is 4.43. The van der Waals surface area contributed by atoms with E-state index >= 15 is 0 Å². The van der Waals surface area contributed by atoms with E-state index in [9.17, 15) is 26.3 Å². The Labute approximate surface area is 210 Å². The molecule has 0 saturated carbocycles. The van der Waals surface area contributed by atoms with E-state index in [1.165, 1.54) is 15.9 Å². The molecule has 1 unspecified atom stereocenters. The van der Waals surface area contributed by atoms with Crippen LogP contribution in [0.25, 0.3) is 39.5 Å². The van der Waals surface area contributed by atoms with E-state index in [0.717, 1.165) is 40.0 Å². The predicted molar refractivity (Wildman–Crippen MR) is 134 cm³/mol. The van der Waals surface area contributed by atoms with Crippen LogP contribution < -0.4 is 10.4 Å². The Bertz CT molecular complexity index is 1640. The van der Waals surface area contributed by atoms with Crippen molar-refractivity contribution in [1.29, 1.82) is 0 Å². The zero-order valence-electron chi connectivity index (χ0n) is 19.4. The van der Waals surface area contributed by atoms with Crippen LogP contribution in [0.15, 0.2) is 78.4 Å². The van der Waals surface area contributed by atoms with Gasteiger partial charge in [0.15, 0.2) is 0 Å². The van der Waals surface area contributed by atoms with Crippen LogP contribution in [0.3, 0.4) is 0 Å². The highest BCUT2D eigenvalue weighted by Crippen LogP contribution is 2.52. The molecule has 0 nitrogen and oxygen atoms in total. The van der Waals surface area contributed by atoms with Crippen LogP contribution in [-0.4, -0.2) is 8.80 Å². The van der Waals surface area contributed by atoms with Crippen LogP contribution >= 0.6 is 0 Å². The van der Waals surface area contributed by atoms with Crippen LogP contribution in [0.5, 0.6) is 0 Å². The van der Waals surface area contributed by atoms with Crippen LogP contribution in [0.2, 0.25) is 0 Å². The van der Waals surface area contributed by atoms with Crippen LogP contribution in [0.4, 0.5) is 26.3 Å². The second-order valence-electron chi connectivity index (χ2n) is 9.79. The summed E-state index contributed by atoms with van der Waals surface area (Å²) in [6.07, 6.45) is -7.78.